The van der Waals surface area contributed by atoms with E-state index >= 15 is 0 Å². The Morgan fingerprint density at radius 2 is 2.17 bits per heavy atom. The molecule has 4 rings (SSSR count). The van der Waals surface area contributed by atoms with Crippen LogP contribution in [0, 0.1) is 5.92 Å². The molecule has 23 heavy (non-hydrogen) atoms. The number of nitrogens with zero attached hydrogens (tertiary/aromatic N) is 4. The van der Waals surface area contributed by atoms with Gasteiger partial charge < -0.3 is 9.42 Å². The summed E-state index contributed by atoms with van der Waals surface area (Å²) in [6.07, 6.45) is 5.86. The molecule has 0 atom stereocenters. The van der Waals surface area contributed by atoms with Crippen LogP contribution in [0.5, 0.6) is 0 Å². The van der Waals surface area contributed by atoms with E-state index in [-0.39, 0.29) is 0 Å². The summed E-state index contributed by atoms with van der Waals surface area (Å²) < 4.78 is 5.45. The topological polar surface area (TPSA) is 70.8 Å². The van der Waals surface area contributed by atoms with Gasteiger partial charge in [0.2, 0.25) is 5.89 Å². The number of nitrogens with one attached hydrogen (secondary N) is 1. The highest BCUT2D eigenvalue weighted by Gasteiger charge is 2.19. The lowest BCUT2D eigenvalue weighted by Gasteiger charge is -2.27. The van der Waals surface area contributed by atoms with Gasteiger partial charge in [-0.25, -0.2) is 0 Å². The molecule has 120 valence electrons. The van der Waals surface area contributed by atoms with Crippen molar-refractivity contribution in [3.8, 4) is 0 Å². The first-order chi connectivity index (χ1) is 11.3. The molecule has 0 unspecified atom stereocenters. The molecule has 3 aromatic rings. The third-order valence-electron chi connectivity index (χ3n) is 4.68. The van der Waals surface area contributed by atoms with Crippen LogP contribution in [-0.2, 0) is 12.8 Å². The quantitative estimate of drug-likeness (QED) is 0.801. The fourth-order valence-electron chi connectivity index (χ4n) is 3.24. The number of hydrogen-bond acceptors (Lipinski definition) is 5. The number of aromatic amines is 1. The Labute approximate surface area is 134 Å². The molecule has 6 nitrogen and oxygen atoms in total. The van der Waals surface area contributed by atoms with Gasteiger partial charge in [-0.2, -0.15) is 10.1 Å². The summed E-state index contributed by atoms with van der Waals surface area (Å²) in [5.41, 5.74) is 2.22. The lowest BCUT2D eigenvalue weighted by molar-refractivity contribution is 0.208. The van der Waals surface area contributed by atoms with Gasteiger partial charge in [0, 0.05) is 18.2 Å². The fraction of sp³-hybridized carbons (Fsp3) is 0.471. The van der Waals surface area contributed by atoms with Crippen LogP contribution in [0.25, 0.3) is 10.9 Å². The predicted molar refractivity (Wildman–Crippen MR) is 87.1 cm³/mol. The second-order valence-corrected chi connectivity index (χ2v) is 6.52. The molecule has 2 aromatic heterocycles. The highest BCUT2D eigenvalue weighted by molar-refractivity contribution is 5.78. The van der Waals surface area contributed by atoms with Crippen molar-refractivity contribution in [3.63, 3.8) is 0 Å². The molecule has 1 saturated heterocycles. The minimum atomic E-state index is 0.668. The van der Waals surface area contributed by atoms with Crippen molar-refractivity contribution < 1.29 is 4.52 Å². The normalized spacial score (nSPS) is 17.1. The largest absolute Gasteiger partial charge is 0.339 e. The van der Waals surface area contributed by atoms with E-state index in [0.29, 0.717) is 12.3 Å². The Hall–Kier alpha value is -2.21. The molecular formula is C17H21N5O. The van der Waals surface area contributed by atoms with E-state index in [0.717, 1.165) is 42.1 Å². The molecule has 0 spiro atoms. The molecule has 6 heteroatoms. The number of H-pyrrole nitrogens is 1. The molecule has 0 radical (unpaired) electrons. The van der Waals surface area contributed by atoms with Crippen LogP contribution in [0.4, 0.5) is 0 Å². The lowest BCUT2D eigenvalue weighted by atomic mass is 9.94. The van der Waals surface area contributed by atoms with Crippen molar-refractivity contribution in [2.45, 2.75) is 25.7 Å². The van der Waals surface area contributed by atoms with Crippen molar-refractivity contribution in [3.05, 3.63) is 41.7 Å². The van der Waals surface area contributed by atoms with Gasteiger partial charge >= 0.3 is 0 Å². The summed E-state index contributed by atoms with van der Waals surface area (Å²) in [5, 5.41) is 12.3. The van der Waals surface area contributed by atoms with Crippen LogP contribution in [0.1, 0.15) is 30.1 Å². The van der Waals surface area contributed by atoms with Crippen LogP contribution in [0.3, 0.4) is 0 Å². The summed E-state index contributed by atoms with van der Waals surface area (Å²) in [6.45, 7) is 2.33. The number of fused-ring (bicyclic) bond motifs is 1. The van der Waals surface area contributed by atoms with Crippen molar-refractivity contribution in [2.24, 2.45) is 5.92 Å². The number of rotatable bonds is 4. The van der Waals surface area contributed by atoms with Crippen LogP contribution in [0.2, 0.25) is 0 Å². The number of likely N-dealkylation sites (tertiary alicyclic amines) is 1. The van der Waals surface area contributed by atoms with Crippen molar-refractivity contribution in [1.82, 2.24) is 25.2 Å². The number of piperidine rings is 1. The van der Waals surface area contributed by atoms with E-state index in [9.17, 15) is 0 Å². The average Bonchev–Trinajstić information content (AvgIpc) is 3.18. The maximum atomic E-state index is 5.45. The minimum absolute atomic E-state index is 0.668. The fourth-order valence-corrected chi connectivity index (χ4v) is 3.24. The van der Waals surface area contributed by atoms with Crippen molar-refractivity contribution in [1.29, 1.82) is 0 Å². The molecule has 0 aliphatic carbocycles. The molecule has 1 N–H and O–H groups in total. The molecule has 1 aliphatic heterocycles. The zero-order valence-electron chi connectivity index (χ0n) is 13.3. The zero-order chi connectivity index (χ0) is 15.6. The molecule has 3 heterocycles. The third-order valence-corrected chi connectivity index (χ3v) is 4.68. The molecule has 1 fully saturated rings. The first-order valence-corrected chi connectivity index (χ1v) is 8.18. The molecule has 0 saturated carbocycles. The summed E-state index contributed by atoms with van der Waals surface area (Å²) in [4.78, 5) is 6.95. The Morgan fingerprint density at radius 1 is 1.30 bits per heavy atom. The van der Waals surface area contributed by atoms with Crippen LogP contribution in [0.15, 0.2) is 28.9 Å². The summed E-state index contributed by atoms with van der Waals surface area (Å²) >= 11 is 0. The summed E-state index contributed by atoms with van der Waals surface area (Å²) in [5.74, 6) is 2.21. The van der Waals surface area contributed by atoms with Crippen LogP contribution in [-0.4, -0.2) is 45.4 Å². The highest BCUT2D eigenvalue weighted by atomic mass is 16.5. The van der Waals surface area contributed by atoms with E-state index in [1.807, 2.05) is 12.3 Å². The number of hydrogen-bond donors (Lipinski definition) is 1. The second kappa shape index (κ2) is 6.12. The van der Waals surface area contributed by atoms with Gasteiger partial charge in [0.25, 0.3) is 0 Å². The monoisotopic (exact) mass is 311 g/mol. The van der Waals surface area contributed by atoms with Crippen molar-refractivity contribution in [2.75, 3.05) is 20.1 Å². The molecule has 1 aromatic carbocycles. The van der Waals surface area contributed by atoms with Crippen LogP contribution < -0.4 is 0 Å². The smallest absolute Gasteiger partial charge is 0.226 e. The lowest BCUT2D eigenvalue weighted by Crippen LogP contribution is -2.30. The van der Waals surface area contributed by atoms with Gasteiger partial charge in [-0.3, -0.25) is 5.10 Å². The first kappa shape index (κ1) is 14.4. The van der Waals surface area contributed by atoms with Gasteiger partial charge in [0.05, 0.1) is 11.7 Å². The summed E-state index contributed by atoms with van der Waals surface area (Å²) in [7, 11) is 2.18. The predicted octanol–water partition coefficient (Wildman–Crippen LogP) is 2.42. The van der Waals surface area contributed by atoms with E-state index < -0.39 is 0 Å². The molecule has 1 aliphatic rings. The highest BCUT2D eigenvalue weighted by Crippen LogP contribution is 2.21. The minimum Gasteiger partial charge on any atom is -0.339 e. The Bertz CT molecular complexity index is 785. The Balaban J connectivity index is 1.41. The Morgan fingerprint density at radius 3 is 3.04 bits per heavy atom. The number of benzene rings is 1. The van der Waals surface area contributed by atoms with E-state index in [1.54, 1.807) is 0 Å². The van der Waals surface area contributed by atoms with Crippen LogP contribution >= 0.6 is 0 Å². The van der Waals surface area contributed by atoms with E-state index in [4.69, 9.17) is 4.52 Å². The SMILES string of the molecule is CN1CCC(Cc2nc(Cc3ccc4[nH]ncc4c3)no2)CC1. The molecule has 0 bridgehead atoms. The summed E-state index contributed by atoms with van der Waals surface area (Å²) in [6, 6.07) is 6.23. The standard InChI is InChI=1S/C17H21N5O/c1-22-6-4-12(5-7-22)10-17-19-16(21-23-17)9-13-2-3-15-14(8-13)11-18-20-15/h2-3,8,11-12H,4-7,9-10H2,1H3,(H,18,20). The first-order valence-electron chi connectivity index (χ1n) is 8.18. The Kier molecular flexibility index (Phi) is 3.83. The maximum absolute atomic E-state index is 5.45. The molecular weight excluding hydrogens is 290 g/mol. The average molecular weight is 311 g/mol. The maximum Gasteiger partial charge on any atom is 0.226 e. The van der Waals surface area contributed by atoms with E-state index in [1.165, 1.54) is 18.4 Å². The van der Waals surface area contributed by atoms with Gasteiger partial charge in [0.1, 0.15) is 0 Å². The van der Waals surface area contributed by atoms with Gasteiger partial charge in [-0.05, 0) is 56.6 Å². The zero-order valence-corrected chi connectivity index (χ0v) is 13.3. The molecule has 0 amide bonds. The third kappa shape index (κ3) is 3.27. The van der Waals surface area contributed by atoms with Gasteiger partial charge in [-0.15, -0.1) is 0 Å². The van der Waals surface area contributed by atoms with Gasteiger partial charge in [-0.1, -0.05) is 11.2 Å². The number of aromatic nitrogens is 4. The van der Waals surface area contributed by atoms with Crippen molar-refractivity contribution >= 4 is 10.9 Å². The second-order valence-electron chi connectivity index (χ2n) is 6.52. The van der Waals surface area contributed by atoms with Gasteiger partial charge in [0.15, 0.2) is 5.82 Å². The van der Waals surface area contributed by atoms with E-state index in [2.05, 4.69) is 44.4 Å².